The van der Waals surface area contributed by atoms with Crippen molar-refractivity contribution >= 4 is 0 Å². The van der Waals surface area contributed by atoms with Crippen LogP contribution in [0.1, 0.15) is 20.8 Å². The van der Waals surface area contributed by atoms with Gasteiger partial charge in [-0.3, -0.25) is 0 Å². The fraction of sp³-hybridized carbons (Fsp3) is 0.667. The molecule has 2 heteroatoms. The molecule has 0 aromatic rings. The van der Waals surface area contributed by atoms with Crippen LogP contribution in [0.4, 0.5) is 0 Å². The highest BCUT2D eigenvalue weighted by molar-refractivity contribution is 4.97. The summed E-state index contributed by atoms with van der Waals surface area (Å²) in [5.41, 5.74) is 6.13. The van der Waals surface area contributed by atoms with Crippen LogP contribution in [0.2, 0.25) is 0 Å². The monoisotopic (exact) mass is 115 g/mol. The summed E-state index contributed by atoms with van der Waals surface area (Å²) in [5.74, 6) is 0.826. The largest absolute Gasteiger partial charge is 0.497 e. The Balaban J connectivity index is 3.62. The Kier molecular flexibility index (Phi) is 3.08. The van der Waals surface area contributed by atoms with Gasteiger partial charge in [0, 0.05) is 5.70 Å². The molecule has 0 saturated heterocycles. The number of hydrogen-bond acceptors (Lipinski definition) is 2. The van der Waals surface area contributed by atoms with E-state index in [-0.39, 0.29) is 0 Å². The molecule has 0 saturated carbocycles. The molecule has 0 unspecified atom stereocenters. The van der Waals surface area contributed by atoms with Crippen molar-refractivity contribution in [3.8, 4) is 0 Å². The van der Waals surface area contributed by atoms with Gasteiger partial charge in [0.1, 0.15) is 5.76 Å². The van der Waals surface area contributed by atoms with Crippen LogP contribution in [-0.2, 0) is 4.74 Å². The third kappa shape index (κ3) is 2.50. The summed E-state index contributed by atoms with van der Waals surface area (Å²) in [5, 5.41) is 0. The molecule has 2 N–H and O–H groups in total. The first-order chi connectivity index (χ1) is 3.68. The van der Waals surface area contributed by atoms with Gasteiger partial charge in [-0.2, -0.15) is 0 Å². The second-order valence-electron chi connectivity index (χ2n) is 1.67. The zero-order valence-electron chi connectivity index (χ0n) is 5.69. The summed E-state index contributed by atoms with van der Waals surface area (Å²) >= 11 is 0. The minimum absolute atomic E-state index is 0.695. The van der Waals surface area contributed by atoms with Crippen LogP contribution in [0, 0.1) is 0 Å². The second-order valence-corrected chi connectivity index (χ2v) is 1.67. The van der Waals surface area contributed by atoms with E-state index in [1.165, 1.54) is 0 Å². The predicted octanol–water partition coefficient (Wildman–Crippen LogP) is 1.23. The molecule has 0 aliphatic carbocycles. The minimum atomic E-state index is 0.695. The fourth-order valence-corrected chi connectivity index (χ4v) is 0.330. The van der Waals surface area contributed by atoms with E-state index in [0.717, 1.165) is 11.5 Å². The average Bonchev–Trinajstić information content (AvgIpc) is 1.67. The van der Waals surface area contributed by atoms with Gasteiger partial charge in [-0.15, -0.1) is 0 Å². The Morgan fingerprint density at radius 3 is 2.12 bits per heavy atom. The van der Waals surface area contributed by atoms with E-state index in [4.69, 9.17) is 10.5 Å². The molecule has 8 heavy (non-hydrogen) atoms. The highest BCUT2D eigenvalue weighted by Crippen LogP contribution is 1.96. The predicted molar refractivity (Wildman–Crippen MR) is 34.2 cm³/mol. The molecule has 0 heterocycles. The third-order valence-corrected chi connectivity index (χ3v) is 0.916. The van der Waals surface area contributed by atoms with Crippen LogP contribution in [0.3, 0.4) is 0 Å². The first-order valence-corrected chi connectivity index (χ1v) is 2.74. The Morgan fingerprint density at radius 1 is 1.50 bits per heavy atom. The number of rotatable bonds is 2. The van der Waals surface area contributed by atoms with Crippen LogP contribution in [0.25, 0.3) is 0 Å². The van der Waals surface area contributed by atoms with Gasteiger partial charge in [0.2, 0.25) is 0 Å². The smallest absolute Gasteiger partial charge is 0.111 e. The highest BCUT2D eigenvalue weighted by Gasteiger charge is 1.87. The van der Waals surface area contributed by atoms with Crippen LogP contribution < -0.4 is 5.73 Å². The fourth-order valence-electron chi connectivity index (χ4n) is 0.330. The summed E-state index contributed by atoms with van der Waals surface area (Å²) in [6.07, 6.45) is 0. The summed E-state index contributed by atoms with van der Waals surface area (Å²) < 4.78 is 5.06. The molecule has 0 amide bonds. The van der Waals surface area contributed by atoms with E-state index >= 15 is 0 Å². The standard InChI is InChI=1S/C6H13NO/c1-4-8-6(3)5(2)7/h4,7H2,1-3H3/b6-5+. The van der Waals surface area contributed by atoms with E-state index in [9.17, 15) is 0 Å². The Morgan fingerprint density at radius 2 is 2.00 bits per heavy atom. The Bertz CT molecular complexity index is 92.7. The van der Waals surface area contributed by atoms with Crippen molar-refractivity contribution in [2.75, 3.05) is 6.61 Å². The molecule has 0 rings (SSSR count). The number of ether oxygens (including phenoxy) is 1. The maximum Gasteiger partial charge on any atom is 0.111 e. The van der Waals surface area contributed by atoms with Crippen LogP contribution >= 0.6 is 0 Å². The van der Waals surface area contributed by atoms with E-state index in [1.54, 1.807) is 0 Å². The molecule has 0 aromatic carbocycles. The lowest BCUT2D eigenvalue weighted by Crippen LogP contribution is -1.98. The molecule has 0 radical (unpaired) electrons. The second kappa shape index (κ2) is 3.36. The van der Waals surface area contributed by atoms with Crippen molar-refractivity contribution in [1.82, 2.24) is 0 Å². The van der Waals surface area contributed by atoms with Gasteiger partial charge in [-0.05, 0) is 20.8 Å². The zero-order valence-corrected chi connectivity index (χ0v) is 5.69. The first kappa shape index (κ1) is 7.34. The quantitative estimate of drug-likeness (QED) is 0.549. The lowest BCUT2D eigenvalue weighted by Gasteiger charge is -2.02. The maximum atomic E-state index is 5.38. The molecule has 0 aliphatic rings. The Labute approximate surface area is 50.3 Å². The van der Waals surface area contributed by atoms with Gasteiger partial charge in [0.25, 0.3) is 0 Å². The van der Waals surface area contributed by atoms with Crippen LogP contribution in [0.15, 0.2) is 11.5 Å². The highest BCUT2D eigenvalue weighted by atomic mass is 16.5. The molecule has 0 atom stereocenters. The lowest BCUT2D eigenvalue weighted by molar-refractivity contribution is 0.227. The van der Waals surface area contributed by atoms with Crippen molar-refractivity contribution in [3.63, 3.8) is 0 Å². The van der Waals surface area contributed by atoms with Crippen molar-refractivity contribution in [3.05, 3.63) is 11.5 Å². The first-order valence-electron chi connectivity index (χ1n) is 2.74. The zero-order chi connectivity index (χ0) is 6.57. The van der Waals surface area contributed by atoms with Gasteiger partial charge in [-0.25, -0.2) is 0 Å². The molecule has 0 fully saturated rings. The average molecular weight is 115 g/mol. The lowest BCUT2D eigenvalue weighted by atomic mass is 10.4. The molecule has 2 nitrogen and oxygen atoms in total. The molecule has 0 aliphatic heterocycles. The SMILES string of the molecule is CCO/C(C)=C(\C)N. The van der Waals surface area contributed by atoms with Gasteiger partial charge < -0.3 is 10.5 Å². The van der Waals surface area contributed by atoms with Crippen molar-refractivity contribution in [2.24, 2.45) is 5.73 Å². The molecular weight excluding hydrogens is 102 g/mol. The molecule has 0 aromatic heterocycles. The van der Waals surface area contributed by atoms with E-state index < -0.39 is 0 Å². The third-order valence-electron chi connectivity index (χ3n) is 0.916. The molecule has 48 valence electrons. The van der Waals surface area contributed by atoms with Gasteiger partial charge in [0.15, 0.2) is 0 Å². The Hall–Kier alpha value is -0.660. The minimum Gasteiger partial charge on any atom is -0.497 e. The van der Waals surface area contributed by atoms with Crippen LogP contribution in [-0.4, -0.2) is 6.61 Å². The van der Waals surface area contributed by atoms with E-state index in [0.29, 0.717) is 6.61 Å². The number of allylic oxidation sites excluding steroid dienone is 2. The molecule has 0 bridgehead atoms. The molecule has 0 spiro atoms. The van der Waals surface area contributed by atoms with Gasteiger partial charge in [-0.1, -0.05) is 0 Å². The summed E-state index contributed by atoms with van der Waals surface area (Å²) in [7, 11) is 0. The van der Waals surface area contributed by atoms with E-state index in [1.807, 2.05) is 20.8 Å². The van der Waals surface area contributed by atoms with Gasteiger partial charge >= 0.3 is 0 Å². The van der Waals surface area contributed by atoms with Gasteiger partial charge in [0.05, 0.1) is 6.61 Å². The number of nitrogens with two attached hydrogens (primary N) is 1. The van der Waals surface area contributed by atoms with Crippen molar-refractivity contribution < 1.29 is 4.74 Å². The summed E-state index contributed by atoms with van der Waals surface area (Å²) in [6.45, 7) is 6.32. The summed E-state index contributed by atoms with van der Waals surface area (Å²) in [6, 6.07) is 0. The van der Waals surface area contributed by atoms with E-state index in [2.05, 4.69) is 0 Å². The summed E-state index contributed by atoms with van der Waals surface area (Å²) in [4.78, 5) is 0. The van der Waals surface area contributed by atoms with Crippen LogP contribution in [0.5, 0.6) is 0 Å². The topological polar surface area (TPSA) is 35.2 Å². The number of hydrogen-bond donors (Lipinski definition) is 1. The maximum absolute atomic E-state index is 5.38. The van der Waals surface area contributed by atoms with Crippen molar-refractivity contribution in [2.45, 2.75) is 20.8 Å². The molecular formula is C6H13NO. The van der Waals surface area contributed by atoms with Crippen molar-refractivity contribution in [1.29, 1.82) is 0 Å². The normalized spacial score (nSPS) is 12.9.